The predicted octanol–water partition coefficient (Wildman–Crippen LogP) is 0.905. The molecular formula is C23H25NO7. The second-order valence-corrected chi connectivity index (χ2v) is 7.18. The van der Waals surface area contributed by atoms with Crippen molar-refractivity contribution in [2.24, 2.45) is 0 Å². The number of allylic oxidation sites excluding steroid dienone is 1. The average Bonchev–Trinajstić information content (AvgIpc) is 2.78. The van der Waals surface area contributed by atoms with Gasteiger partial charge >= 0.3 is 0 Å². The fourth-order valence-electron chi connectivity index (χ4n) is 3.24. The van der Waals surface area contributed by atoms with Gasteiger partial charge in [0.25, 0.3) is 0 Å². The predicted molar refractivity (Wildman–Crippen MR) is 112 cm³/mol. The average molecular weight is 427 g/mol. The Labute approximate surface area is 179 Å². The monoisotopic (exact) mass is 427 g/mol. The maximum Gasteiger partial charge on any atom is 0.223 e. The van der Waals surface area contributed by atoms with Crippen molar-refractivity contribution < 1.29 is 34.4 Å². The standard InChI is InChI=1S/C23H25NO7/c1-14(26)24-20-22(29)21(28)19(13-25)31-23(20)30-17-10-8-16(9-11-17)18(27)12-7-15-5-3-2-4-6-15/h2-12,19-23,25,28-29H,13H2,1H3,(H,24,26)/b12-7+. The van der Waals surface area contributed by atoms with Gasteiger partial charge in [0.1, 0.15) is 30.1 Å². The van der Waals surface area contributed by atoms with Gasteiger partial charge in [0.05, 0.1) is 6.61 Å². The number of carbonyl (C=O) groups excluding carboxylic acids is 2. The first kappa shape index (κ1) is 22.6. The molecule has 3 rings (SSSR count). The molecule has 1 aliphatic rings. The highest BCUT2D eigenvalue weighted by atomic mass is 16.7. The molecule has 4 N–H and O–H groups in total. The van der Waals surface area contributed by atoms with Gasteiger partial charge in [-0.25, -0.2) is 0 Å². The summed E-state index contributed by atoms with van der Waals surface area (Å²) in [4.78, 5) is 23.9. The SMILES string of the molecule is CC(=O)NC1C(Oc2ccc(C(=O)/C=C/c3ccccc3)cc2)OC(CO)C(O)C1O. The molecule has 0 radical (unpaired) electrons. The molecule has 0 aliphatic carbocycles. The number of benzene rings is 2. The molecule has 1 fully saturated rings. The first-order chi connectivity index (χ1) is 14.9. The van der Waals surface area contributed by atoms with Crippen LogP contribution in [0.1, 0.15) is 22.8 Å². The van der Waals surface area contributed by atoms with Gasteiger partial charge in [-0.2, -0.15) is 0 Å². The zero-order valence-corrected chi connectivity index (χ0v) is 16.9. The van der Waals surface area contributed by atoms with Gasteiger partial charge in [0.15, 0.2) is 5.78 Å². The Kier molecular flexibility index (Phi) is 7.54. The van der Waals surface area contributed by atoms with Crippen molar-refractivity contribution in [1.29, 1.82) is 0 Å². The van der Waals surface area contributed by atoms with Crippen molar-refractivity contribution in [3.05, 3.63) is 71.8 Å². The molecule has 0 spiro atoms. The van der Waals surface area contributed by atoms with Crippen LogP contribution in [0.5, 0.6) is 5.75 Å². The Hall–Kier alpha value is -3.04. The summed E-state index contributed by atoms with van der Waals surface area (Å²) in [6.45, 7) is 0.726. The molecule has 164 valence electrons. The Morgan fingerprint density at radius 2 is 1.74 bits per heavy atom. The summed E-state index contributed by atoms with van der Waals surface area (Å²) in [7, 11) is 0. The number of carbonyl (C=O) groups is 2. The number of hydrogen-bond acceptors (Lipinski definition) is 7. The number of aliphatic hydroxyl groups is 3. The van der Waals surface area contributed by atoms with Crippen LogP contribution in [0.3, 0.4) is 0 Å². The van der Waals surface area contributed by atoms with Gasteiger partial charge in [0, 0.05) is 12.5 Å². The van der Waals surface area contributed by atoms with Crippen molar-refractivity contribution >= 4 is 17.8 Å². The van der Waals surface area contributed by atoms with Crippen LogP contribution in [0, 0.1) is 0 Å². The van der Waals surface area contributed by atoms with E-state index < -0.39 is 43.2 Å². The quantitative estimate of drug-likeness (QED) is 0.382. The minimum absolute atomic E-state index is 0.181. The van der Waals surface area contributed by atoms with Gasteiger partial charge in [-0.15, -0.1) is 0 Å². The van der Waals surface area contributed by atoms with E-state index in [0.717, 1.165) is 5.56 Å². The Morgan fingerprint density at radius 1 is 1.06 bits per heavy atom. The maximum absolute atomic E-state index is 12.4. The molecular weight excluding hydrogens is 402 g/mol. The number of rotatable bonds is 7. The Balaban J connectivity index is 1.70. The van der Waals surface area contributed by atoms with E-state index in [0.29, 0.717) is 11.3 Å². The minimum atomic E-state index is -1.40. The molecule has 0 aromatic heterocycles. The molecule has 1 saturated heterocycles. The molecule has 1 heterocycles. The lowest BCUT2D eigenvalue weighted by molar-refractivity contribution is -0.244. The lowest BCUT2D eigenvalue weighted by Crippen LogP contribution is -2.65. The van der Waals surface area contributed by atoms with E-state index in [9.17, 15) is 24.9 Å². The topological polar surface area (TPSA) is 125 Å². The van der Waals surface area contributed by atoms with E-state index in [4.69, 9.17) is 9.47 Å². The summed E-state index contributed by atoms with van der Waals surface area (Å²) in [5, 5.41) is 32.2. The molecule has 1 amide bonds. The lowest BCUT2D eigenvalue weighted by atomic mass is 9.97. The summed E-state index contributed by atoms with van der Waals surface area (Å²) in [5.74, 6) is -0.300. The lowest BCUT2D eigenvalue weighted by Gasteiger charge is -2.42. The maximum atomic E-state index is 12.4. The highest BCUT2D eigenvalue weighted by Gasteiger charge is 2.46. The van der Waals surface area contributed by atoms with Gasteiger partial charge in [0.2, 0.25) is 12.2 Å². The summed E-state index contributed by atoms with van der Waals surface area (Å²) in [6.07, 6.45) is -1.82. The fraction of sp³-hybridized carbons (Fsp3) is 0.304. The van der Waals surface area contributed by atoms with Crippen LogP contribution in [0.25, 0.3) is 6.08 Å². The van der Waals surface area contributed by atoms with Gasteiger partial charge in [-0.3, -0.25) is 9.59 Å². The summed E-state index contributed by atoms with van der Waals surface area (Å²) in [6, 6.07) is 14.7. The van der Waals surface area contributed by atoms with Crippen molar-refractivity contribution in [3.63, 3.8) is 0 Å². The van der Waals surface area contributed by atoms with E-state index in [1.54, 1.807) is 30.3 Å². The van der Waals surface area contributed by atoms with Crippen molar-refractivity contribution in [2.45, 2.75) is 37.6 Å². The number of nitrogens with one attached hydrogen (secondary N) is 1. The van der Waals surface area contributed by atoms with Gasteiger partial charge < -0.3 is 30.1 Å². The molecule has 5 unspecified atom stereocenters. The van der Waals surface area contributed by atoms with Crippen molar-refractivity contribution in [1.82, 2.24) is 5.32 Å². The molecule has 2 aromatic carbocycles. The highest BCUT2D eigenvalue weighted by Crippen LogP contribution is 2.25. The van der Waals surface area contributed by atoms with E-state index in [1.807, 2.05) is 30.3 Å². The third-order valence-electron chi connectivity index (χ3n) is 4.87. The third-order valence-corrected chi connectivity index (χ3v) is 4.87. The second kappa shape index (κ2) is 10.3. The first-order valence-electron chi connectivity index (χ1n) is 9.83. The zero-order valence-electron chi connectivity index (χ0n) is 16.9. The van der Waals surface area contributed by atoms with E-state index in [1.165, 1.54) is 13.0 Å². The highest BCUT2D eigenvalue weighted by molar-refractivity contribution is 6.06. The van der Waals surface area contributed by atoms with Crippen LogP contribution >= 0.6 is 0 Å². The molecule has 8 heteroatoms. The van der Waals surface area contributed by atoms with Crippen LogP contribution in [0.4, 0.5) is 0 Å². The number of aliphatic hydroxyl groups excluding tert-OH is 3. The van der Waals surface area contributed by atoms with Crippen LogP contribution in [-0.4, -0.2) is 64.3 Å². The fourth-order valence-corrected chi connectivity index (χ4v) is 3.24. The molecule has 0 bridgehead atoms. The number of hydrogen-bond donors (Lipinski definition) is 4. The minimum Gasteiger partial charge on any atom is -0.463 e. The summed E-state index contributed by atoms with van der Waals surface area (Å²) >= 11 is 0. The van der Waals surface area contributed by atoms with Crippen LogP contribution < -0.4 is 10.1 Å². The van der Waals surface area contributed by atoms with Gasteiger partial charge in [-0.05, 0) is 35.9 Å². The summed E-state index contributed by atoms with van der Waals surface area (Å²) in [5.41, 5.74) is 1.36. The third kappa shape index (κ3) is 5.77. The van der Waals surface area contributed by atoms with E-state index in [-0.39, 0.29) is 5.78 Å². The van der Waals surface area contributed by atoms with Crippen LogP contribution in [0.15, 0.2) is 60.7 Å². The van der Waals surface area contributed by atoms with Crippen molar-refractivity contribution in [3.8, 4) is 5.75 Å². The molecule has 5 atom stereocenters. The Bertz CT molecular complexity index is 913. The Morgan fingerprint density at radius 3 is 2.35 bits per heavy atom. The van der Waals surface area contributed by atoms with E-state index in [2.05, 4.69) is 5.32 Å². The molecule has 31 heavy (non-hydrogen) atoms. The van der Waals surface area contributed by atoms with Crippen LogP contribution in [-0.2, 0) is 9.53 Å². The van der Waals surface area contributed by atoms with Crippen molar-refractivity contribution in [2.75, 3.05) is 6.61 Å². The number of amides is 1. The zero-order chi connectivity index (χ0) is 22.4. The number of ketones is 1. The molecule has 0 saturated carbocycles. The molecule has 1 aliphatic heterocycles. The smallest absolute Gasteiger partial charge is 0.223 e. The van der Waals surface area contributed by atoms with Crippen LogP contribution in [0.2, 0.25) is 0 Å². The number of ether oxygens (including phenoxy) is 2. The molecule has 8 nitrogen and oxygen atoms in total. The summed E-state index contributed by atoms with van der Waals surface area (Å²) < 4.78 is 11.3. The normalized spacial score (nSPS) is 25.9. The second-order valence-electron chi connectivity index (χ2n) is 7.18. The van der Waals surface area contributed by atoms with E-state index >= 15 is 0 Å². The molecule has 2 aromatic rings. The first-order valence-corrected chi connectivity index (χ1v) is 9.83. The largest absolute Gasteiger partial charge is 0.463 e. The van der Waals surface area contributed by atoms with Gasteiger partial charge in [-0.1, -0.05) is 36.4 Å².